The molecule has 1 aromatic heterocycles. The maximum atomic E-state index is 5.14. The molecule has 102 valence electrons. The van der Waals surface area contributed by atoms with Crippen LogP contribution in [0, 0.1) is 5.41 Å². The molecule has 1 aromatic rings. The molecule has 0 aliphatic heterocycles. The predicted molar refractivity (Wildman–Crippen MR) is 76.2 cm³/mol. The second-order valence-electron chi connectivity index (χ2n) is 5.82. The summed E-state index contributed by atoms with van der Waals surface area (Å²) in [6.07, 6.45) is 3.25. The first-order valence-corrected chi connectivity index (χ1v) is 7.58. The molecular formula is C14H24N2OS. The van der Waals surface area contributed by atoms with Crippen molar-refractivity contribution in [2.24, 2.45) is 5.41 Å². The van der Waals surface area contributed by atoms with E-state index in [0.717, 1.165) is 26.0 Å². The van der Waals surface area contributed by atoms with Gasteiger partial charge in [-0.3, -0.25) is 0 Å². The van der Waals surface area contributed by atoms with Crippen LogP contribution in [0.4, 0.5) is 0 Å². The van der Waals surface area contributed by atoms with Crippen LogP contribution < -0.4 is 5.32 Å². The van der Waals surface area contributed by atoms with Crippen LogP contribution in [-0.2, 0) is 17.6 Å². The second-order valence-corrected chi connectivity index (χ2v) is 6.93. The van der Waals surface area contributed by atoms with Crippen molar-refractivity contribution >= 4 is 11.3 Å². The number of fused-ring (bicyclic) bond motifs is 1. The Kier molecular flexibility index (Phi) is 4.41. The molecule has 2 rings (SSSR count). The van der Waals surface area contributed by atoms with Gasteiger partial charge >= 0.3 is 0 Å². The van der Waals surface area contributed by atoms with Gasteiger partial charge in [-0.1, -0.05) is 20.8 Å². The predicted octanol–water partition coefficient (Wildman–Crippen LogP) is 2.96. The number of nitrogens with zero attached hydrogens (tertiary/aromatic N) is 1. The van der Waals surface area contributed by atoms with E-state index in [9.17, 15) is 0 Å². The summed E-state index contributed by atoms with van der Waals surface area (Å²) >= 11 is 1.87. The lowest BCUT2D eigenvalue weighted by Gasteiger charge is -2.34. The van der Waals surface area contributed by atoms with E-state index >= 15 is 0 Å². The van der Waals surface area contributed by atoms with E-state index in [1.807, 2.05) is 11.3 Å². The molecule has 1 heterocycles. The highest BCUT2D eigenvalue weighted by Gasteiger charge is 2.34. The molecule has 0 spiro atoms. The van der Waals surface area contributed by atoms with Gasteiger partial charge in [-0.25, -0.2) is 4.98 Å². The van der Waals surface area contributed by atoms with E-state index in [4.69, 9.17) is 9.72 Å². The molecule has 3 nitrogen and oxygen atoms in total. The van der Waals surface area contributed by atoms with Crippen LogP contribution in [0.5, 0.6) is 0 Å². The summed E-state index contributed by atoms with van der Waals surface area (Å²) in [4.78, 5) is 6.28. The summed E-state index contributed by atoms with van der Waals surface area (Å²) in [6, 6.07) is 0.488. The molecule has 0 bridgehead atoms. The van der Waals surface area contributed by atoms with Crippen LogP contribution in [0.25, 0.3) is 0 Å². The van der Waals surface area contributed by atoms with Crippen molar-refractivity contribution in [1.29, 1.82) is 0 Å². The van der Waals surface area contributed by atoms with Crippen molar-refractivity contribution in [1.82, 2.24) is 10.3 Å². The lowest BCUT2D eigenvalue weighted by Crippen LogP contribution is -2.32. The van der Waals surface area contributed by atoms with Crippen molar-refractivity contribution in [2.75, 3.05) is 20.3 Å². The molecule has 0 amide bonds. The molecule has 1 N–H and O–H groups in total. The average molecular weight is 268 g/mol. The van der Waals surface area contributed by atoms with Gasteiger partial charge in [0.1, 0.15) is 0 Å². The van der Waals surface area contributed by atoms with Crippen LogP contribution in [0.2, 0.25) is 0 Å². The van der Waals surface area contributed by atoms with E-state index in [0.29, 0.717) is 11.5 Å². The Morgan fingerprint density at radius 1 is 1.50 bits per heavy atom. The minimum atomic E-state index is 0.354. The van der Waals surface area contributed by atoms with E-state index in [1.165, 1.54) is 22.0 Å². The molecule has 1 unspecified atom stereocenters. The molecule has 1 aliphatic rings. The molecule has 4 heteroatoms. The van der Waals surface area contributed by atoms with Gasteiger partial charge in [-0.2, -0.15) is 0 Å². The number of ether oxygens (including phenoxy) is 1. The first kappa shape index (κ1) is 14.0. The molecule has 1 atom stereocenters. The van der Waals surface area contributed by atoms with Crippen LogP contribution in [-0.4, -0.2) is 25.2 Å². The van der Waals surface area contributed by atoms with Crippen molar-refractivity contribution in [2.45, 2.75) is 46.1 Å². The molecule has 0 saturated heterocycles. The maximum absolute atomic E-state index is 5.14. The van der Waals surface area contributed by atoms with Crippen LogP contribution in [0.1, 0.15) is 48.8 Å². The lowest BCUT2D eigenvalue weighted by molar-refractivity contribution is 0.202. The Morgan fingerprint density at radius 3 is 2.94 bits per heavy atom. The number of hydrogen-bond donors (Lipinski definition) is 1. The van der Waals surface area contributed by atoms with Gasteiger partial charge in [0, 0.05) is 24.4 Å². The molecule has 0 aromatic carbocycles. The number of hydrogen-bond acceptors (Lipinski definition) is 4. The molecule has 0 fully saturated rings. The van der Waals surface area contributed by atoms with Crippen molar-refractivity contribution < 1.29 is 4.74 Å². The van der Waals surface area contributed by atoms with E-state index in [1.54, 1.807) is 7.11 Å². The van der Waals surface area contributed by atoms with E-state index in [-0.39, 0.29) is 0 Å². The van der Waals surface area contributed by atoms with E-state index in [2.05, 4.69) is 26.1 Å². The van der Waals surface area contributed by atoms with Crippen molar-refractivity contribution in [3.8, 4) is 0 Å². The van der Waals surface area contributed by atoms with Gasteiger partial charge in [0.15, 0.2) is 0 Å². The quantitative estimate of drug-likeness (QED) is 0.891. The summed E-state index contributed by atoms with van der Waals surface area (Å²) < 4.78 is 5.14. The van der Waals surface area contributed by atoms with Crippen LogP contribution in [0.3, 0.4) is 0 Å². The lowest BCUT2D eigenvalue weighted by atomic mass is 9.76. The maximum Gasteiger partial charge on any atom is 0.0954 e. The first-order chi connectivity index (χ1) is 8.55. The standard InChI is InChI=1S/C14H24N2OS/c1-5-15-10-8-14(2,3)9-11-13(10)18-12(16-11)6-7-17-4/h10,15H,5-9H2,1-4H3. The van der Waals surface area contributed by atoms with Crippen molar-refractivity contribution in [3.63, 3.8) is 0 Å². The van der Waals surface area contributed by atoms with Gasteiger partial charge in [0.25, 0.3) is 0 Å². The van der Waals surface area contributed by atoms with Gasteiger partial charge in [0.05, 0.1) is 17.3 Å². The van der Waals surface area contributed by atoms with Gasteiger partial charge in [-0.05, 0) is 24.8 Å². The summed E-state index contributed by atoms with van der Waals surface area (Å²) in [7, 11) is 1.75. The largest absolute Gasteiger partial charge is 0.384 e. The SMILES string of the molecule is CCNC1CC(C)(C)Cc2nc(CCOC)sc21. The highest BCUT2D eigenvalue weighted by Crippen LogP contribution is 2.42. The second kappa shape index (κ2) is 5.68. The monoisotopic (exact) mass is 268 g/mol. The van der Waals surface area contributed by atoms with Crippen LogP contribution in [0.15, 0.2) is 0 Å². The third kappa shape index (κ3) is 3.11. The topological polar surface area (TPSA) is 34.2 Å². The summed E-state index contributed by atoms with van der Waals surface area (Å²) in [5.41, 5.74) is 1.67. The van der Waals surface area contributed by atoms with Gasteiger partial charge in [0.2, 0.25) is 0 Å². The fourth-order valence-corrected chi connectivity index (χ4v) is 3.83. The Balaban J connectivity index is 2.21. The highest BCUT2D eigenvalue weighted by atomic mass is 32.1. The molecule has 0 saturated carbocycles. The fraction of sp³-hybridized carbons (Fsp3) is 0.786. The zero-order valence-corrected chi connectivity index (χ0v) is 12.7. The third-order valence-electron chi connectivity index (χ3n) is 3.46. The summed E-state index contributed by atoms with van der Waals surface area (Å²) in [6.45, 7) is 8.64. The highest BCUT2D eigenvalue weighted by molar-refractivity contribution is 7.11. The average Bonchev–Trinajstić information content (AvgIpc) is 2.68. The zero-order valence-electron chi connectivity index (χ0n) is 11.9. The number of nitrogens with one attached hydrogen (secondary N) is 1. The van der Waals surface area contributed by atoms with Gasteiger partial charge in [-0.15, -0.1) is 11.3 Å². The Labute approximate surface area is 114 Å². The number of aromatic nitrogens is 1. The van der Waals surface area contributed by atoms with Crippen LogP contribution >= 0.6 is 11.3 Å². The zero-order chi connectivity index (χ0) is 13.2. The van der Waals surface area contributed by atoms with Crippen molar-refractivity contribution in [3.05, 3.63) is 15.6 Å². The third-order valence-corrected chi connectivity index (χ3v) is 4.73. The minimum Gasteiger partial charge on any atom is -0.384 e. The van der Waals surface area contributed by atoms with Gasteiger partial charge < -0.3 is 10.1 Å². The Hall–Kier alpha value is -0.450. The molecule has 0 radical (unpaired) electrons. The number of methoxy groups -OCH3 is 1. The Morgan fingerprint density at radius 2 is 2.28 bits per heavy atom. The molecule has 1 aliphatic carbocycles. The number of rotatable bonds is 5. The van der Waals surface area contributed by atoms with E-state index < -0.39 is 0 Å². The smallest absolute Gasteiger partial charge is 0.0954 e. The molecular weight excluding hydrogens is 244 g/mol. The number of thiazole rings is 1. The molecule has 18 heavy (non-hydrogen) atoms. The summed E-state index contributed by atoms with van der Waals surface area (Å²) in [5.74, 6) is 0. The fourth-order valence-electron chi connectivity index (χ4n) is 2.69. The normalized spacial score (nSPS) is 21.9. The minimum absolute atomic E-state index is 0.354. The summed E-state index contributed by atoms with van der Waals surface area (Å²) in [5, 5.41) is 4.83. The first-order valence-electron chi connectivity index (χ1n) is 6.76. The Bertz CT molecular complexity index is 400.